The number of pyridine rings is 1. The largest absolute Gasteiger partial charge is 0.348 e. The Balaban J connectivity index is 1.85. The summed E-state index contributed by atoms with van der Waals surface area (Å²) >= 11 is 0. The molecule has 2 N–H and O–H groups in total. The molecule has 28 heavy (non-hydrogen) atoms. The van der Waals surface area contributed by atoms with Crippen LogP contribution >= 0.6 is 0 Å². The standard InChI is InChI=1S/C19H26N8O/c1-4-8-21-17(28)14-7-6-9-20-16(14)24-18-22-15(5-2)23-19(25-18)27-12-10-26(3)11-13-27/h4,6-7,9H,1,5,8,10-13H2,2-3H3,(H,21,28)(H,20,22,23,24,25). The van der Waals surface area contributed by atoms with Gasteiger partial charge in [-0.3, -0.25) is 4.79 Å². The Morgan fingerprint density at radius 1 is 1.25 bits per heavy atom. The van der Waals surface area contributed by atoms with E-state index in [0.29, 0.717) is 42.1 Å². The molecule has 0 unspecified atom stereocenters. The molecule has 0 radical (unpaired) electrons. The lowest BCUT2D eigenvalue weighted by molar-refractivity contribution is 0.0958. The van der Waals surface area contributed by atoms with E-state index in [1.807, 2.05) is 6.92 Å². The van der Waals surface area contributed by atoms with Crippen molar-refractivity contribution in [3.8, 4) is 0 Å². The van der Waals surface area contributed by atoms with Crippen LogP contribution in [0.5, 0.6) is 0 Å². The normalized spacial score (nSPS) is 14.6. The van der Waals surface area contributed by atoms with E-state index in [1.165, 1.54) is 0 Å². The van der Waals surface area contributed by atoms with Crippen molar-refractivity contribution in [3.63, 3.8) is 0 Å². The zero-order chi connectivity index (χ0) is 19.9. The maximum absolute atomic E-state index is 12.4. The molecule has 148 valence electrons. The van der Waals surface area contributed by atoms with Crippen molar-refractivity contribution in [1.82, 2.24) is 30.2 Å². The fraction of sp³-hybridized carbons (Fsp3) is 0.421. The number of nitrogens with one attached hydrogen (secondary N) is 2. The van der Waals surface area contributed by atoms with Gasteiger partial charge in [0.2, 0.25) is 11.9 Å². The van der Waals surface area contributed by atoms with Crippen LogP contribution in [0, 0.1) is 0 Å². The third kappa shape index (κ3) is 4.80. The Bertz CT molecular complexity index is 832. The number of rotatable bonds is 7. The van der Waals surface area contributed by atoms with Gasteiger partial charge in [0.25, 0.3) is 5.91 Å². The van der Waals surface area contributed by atoms with Crippen molar-refractivity contribution < 1.29 is 4.79 Å². The Morgan fingerprint density at radius 3 is 2.75 bits per heavy atom. The number of carbonyl (C=O) groups excluding carboxylic acids is 1. The van der Waals surface area contributed by atoms with Crippen LogP contribution in [0.2, 0.25) is 0 Å². The summed E-state index contributed by atoms with van der Waals surface area (Å²) in [5.74, 6) is 1.90. The molecule has 1 aliphatic heterocycles. The third-order valence-electron chi connectivity index (χ3n) is 4.46. The minimum atomic E-state index is -0.237. The molecule has 0 spiro atoms. The highest BCUT2D eigenvalue weighted by Crippen LogP contribution is 2.19. The molecule has 9 nitrogen and oxygen atoms in total. The molecule has 0 aliphatic carbocycles. The van der Waals surface area contributed by atoms with Gasteiger partial charge >= 0.3 is 0 Å². The Labute approximate surface area is 164 Å². The fourth-order valence-corrected chi connectivity index (χ4v) is 2.82. The maximum Gasteiger partial charge on any atom is 0.255 e. The number of aryl methyl sites for hydroxylation is 1. The predicted octanol–water partition coefficient (Wildman–Crippen LogP) is 1.24. The highest BCUT2D eigenvalue weighted by atomic mass is 16.1. The number of carbonyl (C=O) groups is 1. The van der Waals surface area contributed by atoms with E-state index in [2.05, 4.69) is 54.0 Å². The lowest BCUT2D eigenvalue weighted by Crippen LogP contribution is -2.45. The molecular formula is C19H26N8O. The maximum atomic E-state index is 12.4. The number of anilines is 3. The monoisotopic (exact) mass is 382 g/mol. The van der Waals surface area contributed by atoms with Crippen molar-refractivity contribution >= 4 is 23.6 Å². The predicted molar refractivity (Wildman–Crippen MR) is 109 cm³/mol. The molecule has 2 aromatic rings. The van der Waals surface area contributed by atoms with Gasteiger partial charge in [0.1, 0.15) is 11.6 Å². The van der Waals surface area contributed by atoms with Crippen LogP contribution < -0.4 is 15.5 Å². The van der Waals surface area contributed by atoms with Crippen molar-refractivity contribution in [2.45, 2.75) is 13.3 Å². The molecular weight excluding hydrogens is 356 g/mol. The molecule has 1 amide bonds. The molecule has 3 rings (SSSR count). The molecule has 3 heterocycles. The number of aromatic nitrogens is 4. The van der Waals surface area contributed by atoms with Gasteiger partial charge in [0, 0.05) is 45.3 Å². The second kappa shape index (κ2) is 9.23. The summed E-state index contributed by atoms with van der Waals surface area (Å²) in [6.07, 6.45) is 3.94. The second-order valence-electron chi connectivity index (χ2n) is 6.54. The van der Waals surface area contributed by atoms with E-state index in [0.717, 1.165) is 26.2 Å². The van der Waals surface area contributed by atoms with Crippen molar-refractivity contribution in [2.24, 2.45) is 0 Å². The summed E-state index contributed by atoms with van der Waals surface area (Å²) in [6.45, 7) is 9.65. The molecule has 0 aromatic carbocycles. The van der Waals surface area contributed by atoms with Gasteiger partial charge in [0.15, 0.2) is 0 Å². The smallest absolute Gasteiger partial charge is 0.255 e. The SMILES string of the molecule is C=CCNC(=O)c1cccnc1Nc1nc(CC)nc(N2CCN(C)CC2)n1. The first kappa shape index (κ1) is 19.7. The molecule has 1 aliphatic rings. The van der Waals surface area contributed by atoms with Crippen molar-refractivity contribution in [2.75, 3.05) is 50.0 Å². The number of hydrogen-bond donors (Lipinski definition) is 2. The molecule has 1 fully saturated rings. The second-order valence-corrected chi connectivity index (χ2v) is 6.54. The Morgan fingerprint density at radius 2 is 2.04 bits per heavy atom. The van der Waals surface area contributed by atoms with E-state index in [9.17, 15) is 4.79 Å². The Hall–Kier alpha value is -3.07. The van der Waals surface area contributed by atoms with Crippen LogP contribution in [-0.2, 0) is 6.42 Å². The van der Waals surface area contributed by atoms with Gasteiger partial charge < -0.3 is 20.4 Å². The van der Waals surface area contributed by atoms with Gasteiger partial charge in [-0.1, -0.05) is 13.0 Å². The first-order valence-corrected chi connectivity index (χ1v) is 9.40. The molecule has 9 heteroatoms. The highest BCUT2D eigenvalue weighted by Gasteiger charge is 2.19. The van der Waals surface area contributed by atoms with Crippen LogP contribution in [0.15, 0.2) is 31.0 Å². The fourth-order valence-electron chi connectivity index (χ4n) is 2.82. The van der Waals surface area contributed by atoms with Crippen LogP contribution in [0.4, 0.5) is 17.7 Å². The number of hydrogen-bond acceptors (Lipinski definition) is 8. The lowest BCUT2D eigenvalue weighted by atomic mass is 10.2. The highest BCUT2D eigenvalue weighted by molar-refractivity contribution is 5.99. The zero-order valence-corrected chi connectivity index (χ0v) is 16.4. The summed E-state index contributed by atoms with van der Waals surface area (Å²) in [6, 6.07) is 3.42. The molecule has 0 saturated carbocycles. The van der Waals surface area contributed by atoms with Crippen molar-refractivity contribution in [3.05, 3.63) is 42.4 Å². The zero-order valence-electron chi connectivity index (χ0n) is 16.4. The number of nitrogens with zero attached hydrogens (tertiary/aromatic N) is 6. The minimum absolute atomic E-state index is 0.237. The molecule has 2 aromatic heterocycles. The minimum Gasteiger partial charge on any atom is -0.348 e. The van der Waals surface area contributed by atoms with E-state index in [-0.39, 0.29) is 5.91 Å². The Kier molecular flexibility index (Phi) is 6.49. The third-order valence-corrected chi connectivity index (χ3v) is 4.46. The average molecular weight is 382 g/mol. The van der Waals surface area contributed by atoms with E-state index in [4.69, 9.17) is 0 Å². The van der Waals surface area contributed by atoms with Gasteiger partial charge in [-0.25, -0.2) is 4.98 Å². The van der Waals surface area contributed by atoms with Gasteiger partial charge in [-0.05, 0) is 19.2 Å². The molecule has 0 atom stereocenters. The topological polar surface area (TPSA) is 99.2 Å². The van der Waals surface area contributed by atoms with E-state index in [1.54, 1.807) is 24.4 Å². The summed E-state index contributed by atoms with van der Waals surface area (Å²) in [4.78, 5) is 34.7. The van der Waals surface area contributed by atoms with Gasteiger partial charge in [0.05, 0.1) is 5.56 Å². The summed E-state index contributed by atoms with van der Waals surface area (Å²) in [7, 11) is 2.11. The van der Waals surface area contributed by atoms with E-state index >= 15 is 0 Å². The van der Waals surface area contributed by atoms with Crippen LogP contribution in [0.1, 0.15) is 23.1 Å². The molecule has 0 bridgehead atoms. The number of amides is 1. The number of likely N-dealkylation sites (N-methyl/N-ethyl adjacent to an activating group) is 1. The summed E-state index contributed by atoms with van der Waals surface area (Å²) < 4.78 is 0. The van der Waals surface area contributed by atoms with Gasteiger partial charge in [-0.15, -0.1) is 6.58 Å². The average Bonchev–Trinajstić information content (AvgIpc) is 2.72. The number of piperazine rings is 1. The van der Waals surface area contributed by atoms with E-state index < -0.39 is 0 Å². The summed E-state index contributed by atoms with van der Waals surface area (Å²) in [5, 5.41) is 5.86. The first-order chi connectivity index (χ1) is 13.6. The first-order valence-electron chi connectivity index (χ1n) is 9.40. The quantitative estimate of drug-likeness (QED) is 0.690. The van der Waals surface area contributed by atoms with Crippen LogP contribution in [0.25, 0.3) is 0 Å². The molecule has 1 saturated heterocycles. The van der Waals surface area contributed by atoms with Crippen LogP contribution in [0.3, 0.4) is 0 Å². The van der Waals surface area contributed by atoms with Crippen molar-refractivity contribution in [1.29, 1.82) is 0 Å². The van der Waals surface area contributed by atoms with Crippen LogP contribution in [-0.4, -0.2) is 70.5 Å². The van der Waals surface area contributed by atoms with Gasteiger partial charge in [-0.2, -0.15) is 15.0 Å². The lowest BCUT2D eigenvalue weighted by Gasteiger charge is -2.32. The summed E-state index contributed by atoms with van der Waals surface area (Å²) in [5.41, 5.74) is 0.420.